The van der Waals surface area contributed by atoms with Gasteiger partial charge >= 0.3 is 0 Å². The van der Waals surface area contributed by atoms with E-state index in [0.29, 0.717) is 23.7 Å². The molecule has 2 aromatic carbocycles. The van der Waals surface area contributed by atoms with Crippen molar-refractivity contribution in [3.05, 3.63) is 107 Å². The van der Waals surface area contributed by atoms with Crippen LogP contribution in [-0.4, -0.2) is 28.3 Å². The number of furan rings is 1. The number of hydrogen-bond donors (Lipinski definition) is 1. The van der Waals surface area contributed by atoms with E-state index >= 15 is 0 Å². The van der Waals surface area contributed by atoms with Crippen LogP contribution in [0.25, 0.3) is 6.08 Å². The molecule has 1 aliphatic rings. The van der Waals surface area contributed by atoms with Crippen molar-refractivity contribution in [1.82, 2.24) is 4.90 Å². The maximum Gasteiger partial charge on any atom is 0.290 e. The Bertz CT molecular complexity index is 1160. The fraction of sp³-hybridized carbons (Fsp3) is 0.154. The minimum atomic E-state index is -0.777. The fourth-order valence-electron chi connectivity index (χ4n) is 3.75. The van der Waals surface area contributed by atoms with Gasteiger partial charge in [-0.15, -0.1) is 0 Å². The second-order valence-electron chi connectivity index (χ2n) is 7.29. The fourth-order valence-corrected chi connectivity index (χ4v) is 3.75. The third-order valence-electron chi connectivity index (χ3n) is 5.19. The summed E-state index contributed by atoms with van der Waals surface area (Å²) < 4.78 is 11.0. The Morgan fingerprint density at radius 3 is 2.66 bits per heavy atom. The van der Waals surface area contributed by atoms with Crippen LogP contribution in [0.5, 0.6) is 5.75 Å². The van der Waals surface area contributed by atoms with E-state index in [0.717, 1.165) is 5.56 Å². The van der Waals surface area contributed by atoms with Crippen molar-refractivity contribution in [3.8, 4) is 5.75 Å². The molecule has 0 spiro atoms. The Morgan fingerprint density at radius 1 is 1.12 bits per heavy atom. The molecule has 1 aromatic heterocycles. The summed E-state index contributed by atoms with van der Waals surface area (Å²) in [5.41, 5.74) is 1.53. The average Bonchev–Trinajstić information content (AvgIpc) is 3.41. The van der Waals surface area contributed by atoms with Crippen molar-refractivity contribution in [2.75, 3.05) is 6.61 Å². The van der Waals surface area contributed by atoms with E-state index in [9.17, 15) is 14.7 Å². The van der Waals surface area contributed by atoms with Gasteiger partial charge in [-0.25, -0.2) is 0 Å². The van der Waals surface area contributed by atoms with Gasteiger partial charge in [-0.05, 0) is 48.4 Å². The Balaban J connectivity index is 1.73. The molecule has 0 fully saturated rings. The summed E-state index contributed by atoms with van der Waals surface area (Å²) in [6, 6.07) is 19.2. The van der Waals surface area contributed by atoms with Gasteiger partial charge in [-0.2, -0.15) is 0 Å². The molecule has 1 unspecified atom stereocenters. The standard InChI is InChI=1S/C26H23NO5/c1-2-31-20-11-6-10-19(16-20)24-23(22(28)14-13-18-8-4-3-5-9-18)25(29)26(30)27(24)17-21-12-7-15-32-21/h3-16,24,29H,2,17H2,1H3. The van der Waals surface area contributed by atoms with Crippen LogP contribution in [0.2, 0.25) is 0 Å². The maximum absolute atomic E-state index is 13.2. The molecule has 4 rings (SSSR count). The summed E-state index contributed by atoms with van der Waals surface area (Å²) in [7, 11) is 0. The van der Waals surface area contributed by atoms with Crippen LogP contribution in [0.3, 0.4) is 0 Å². The predicted molar refractivity (Wildman–Crippen MR) is 120 cm³/mol. The van der Waals surface area contributed by atoms with Crippen molar-refractivity contribution in [1.29, 1.82) is 0 Å². The number of carbonyl (C=O) groups excluding carboxylic acids is 2. The van der Waals surface area contributed by atoms with Crippen molar-refractivity contribution >= 4 is 17.8 Å². The first-order chi connectivity index (χ1) is 15.6. The number of benzene rings is 2. The lowest BCUT2D eigenvalue weighted by molar-refractivity contribution is -0.130. The normalized spacial score (nSPS) is 16.2. The van der Waals surface area contributed by atoms with Crippen LogP contribution >= 0.6 is 0 Å². The van der Waals surface area contributed by atoms with Crippen molar-refractivity contribution in [3.63, 3.8) is 0 Å². The van der Waals surface area contributed by atoms with Gasteiger partial charge in [0, 0.05) is 0 Å². The van der Waals surface area contributed by atoms with Crippen LogP contribution in [0.4, 0.5) is 0 Å². The van der Waals surface area contributed by atoms with E-state index in [1.54, 1.807) is 36.4 Å². The molecule has 1 N–H and O–H groups in total. The Hall–Kier alpha value is -4.06. The van der Waals surface area contributed by atoms with Gasteiger partial charge in [0.05, 0.1) is 31.0 Å². The van der Waals surface area contributed by atoms with Gasteiger partial charge in [0.2, 0.25) is 0 Å². The molecular weight excluding hydrogens is 406 g/mol. The topological polar surface area (TPSA) is 80.0 Å². The Kier molecular flexibility index (Phi) is 6.22. The molecule has 3 aromatic rings. The molecule has 1 amide bonds. The van der Waals surface area contributed by atoms with E-state index in [4.69, 9.17) is 9.15 Å². The number of nitrogens with zero attached hydrogens (tertiary/aromatic N) is 1. The highest BCUT2D eigenvalue weighted by atomic mass is 16.5. The summed E-state index contributed by atoms with van der Waals surface area (Å²) >= 11 is 0. The number of aliphatic hydroxyl groups excluding tert-OH is 1. The lowest BCUT2D eigenvalue weighted by Gasteiger charge is -2.26. The number of ketones is 1. The van der Waals surface area contributed by atoms with Gasteiger partial charge in [0.1, 0.15) is 11.5 Å². The third kappa shape index (κ3) is 4.34. The first-order valence-corrected chi connectivity index (χ1v) is 10.3. The highest BCUT2D eigenvalue weighted by molar-refractivity contribution is 6.14. The zero-order valence-electron chi connectivity index (χ0n) is 17.6. The van der Waals surface area contributed by atoms with Gasteiger partial charge in [0.25, 0.3) is 5.91 Å². The van der Waals surface area contributed by atoms with Crippen LogP contribution in [-0.2, 0) is 16.1 Å². The first-order valence-electron chi connectivity index (χ1n) is 10.3. The average molecular weight is 429 g/mol. The van der Waals surface area contributed by atoms with E-state index in [1.807, 2.05) is 43.3 Å². The lowest BCUT2D eigenvalue weighted by atomic mass is 9.95. The second-order valence-corrected chi connectivity index (χ2v) is 7.29. The molecule has 0 saturated heterocycles. The highest BCUT2D eigenvalue weighted by Crippen LogP contribution is 2.40. The summed E-state index contributed by atoms with van der Waals surface area (Å²) in [6.45, 7) is 2.47. The summed E-state index contributed by atoms with van der Waals surface area (Å²) in [5.74, 6) is -0.441. The van der Waals surface area contributed by atoms with Crippen LogP contribution in [0.15, 0.2) is 94.8 Å². The number of carbonyl (C=O) groups is 2. The predicted octanol–water partition coefficient (Wildman–Crippen LogP) is 4.86. The third-order valence-corrected chi connectivity index (χ3v) is 5.19. The molecule has 162 valence electrons. The molecule has 2 heterocycles. The Morgan fingerprint density at radius 2 is 1.94 bits per heavy atom. The molecule has 0 aliphatic carbocycles. The minimum Gasteiger partial charge on any atom is -0.503 e. The second kappa shape index (κ2) is 9.39. The number of rotatable bonds is 8. The summed E-state index contributed by atoms with van der Waals surface area (Å²) in [6.07, 6.45) is 4.56. The molecule has 0 radical (unpaired) electrons. The zero-order chi connectivity index (χ0) is 22.5. The lowest BCUT2D eigenvalue weighted by Crippen LogP contribution is -2.30. The monoisotopic (exact) mass is 429 g/mol. The smallest absolute Gasteiger partial charge is 0.290 e. The molecule has 0 bridgehead atoms. The van der Waals surface area contributed by atoms with E-state index in [1.165, 1.54) is 17.2 Å². The van der Waals surface area contributed by atoms with Crippen molar-refractivity contribution in [2.24, 2.45) is 0 Å². The summed E-state index contributed by atoms with van der Waals surface area (Å²) in [4.78, 5) is 27.6. The van der Waals surface area contributed by atoms with Crippen molar-refractivity contribution in [2.45, 2.75) is 19.5 Å². The highest BCUT2D eigenvalue weighted by Gasteiger charge is 2.43. The van der Waals surface area contributed by atoms with Gasteiger partial charge in [0.15, 0.2) is 11.5 Å². The van der Waals surface area contributed by atoms with Crippen LogP contribution in [0, 0.1) is 0 Å². The Labute approximate surface area is 186 Å². The molecule has 6 heteroatoms. The molecule has 0 saturated carbocycles. The maximum atomic E-state index is 13.2. The van der Waals surface area contributed by atoms with Crippen molar-refractivity contribution < 1.29 is 23.8 Å². The van der Waals surface area contributed by atoms with E-state index < -0.39 is 23.5 Å². The van der Waals surface area contributed by atoms with Crippen LogP contribution in [0.1, 0.15) is 29.9 Å². The number of amides is 1. The van der Waals surface area contributed by atoms with Gasteiger partial charge in [-0.3, -0.25) is 9.59 Å². The zero-order valence-corrected chi connectivity index (χ0v) is 17.6. The largest absolute Gasteiger partial charge is 0.503 e. The number of allylic oxidation sites excluding steroid dienone is 1. The minimum absolute atomic E-state index is 0.0300. The molecule has 6 nitrogen and oxygen atoms in total. The van der Waals surface area contributed by atoms with E-state index in [2.05, 4.69) is 0 Å². The van der Waals surface area contributed by atoms with Gasteiger partial charge in [-0.1, -0.05) is 48.5 Å². The molecule has 32 heavy (non-hydrogen) atoms. The number of hydrogen-bond acceptors (Lipinski definition) is 5. The number of ether oxygens (including phenoxy) is 1. The quantitative estimate of drug-likeness (QED) is 0.518. The first kappa shape index (κ1) is 21.2. The van der Waals surface area contributed by atoms with E-state index in [-0.39, 0.29) is 12.1 Å². The molecular formula is C26H23NO5. The summed E-state index contributed by atoms with van der Waals surface area (Å²) in [5, 5.41) is 10.7. The van der Waals surface area contributed by atoms with Crippen LogP contribution < -0.4 is 4.74 Å². The molecule has 1 aliphatic heterocycles. The number of aliphatic hydroxyl groups is 1. The SMILES string of the molecule is CCOc1cccc(C2C(C(=O)C=Cc3ccccc3)=C(O)C(=O)N2Cc2ccco2)c1. The van der Waals surface area contributed by atoms with Gasteiger partial charge < -0.3 is 19.2 Å². The molecule has 1 atom stereocenters.